The van der Waals surface area contributed by atoms with Gasteiger partial charge in [0.15, 0.2) is 11.4 Å². The number of carbonyl (C=O) groups is 2. The largest absolute Gasteiger partial charge is 0.737 e. The van der Waals surface area contributed by atoms with Gasteiger partial charge >= 0.3 is 18.9 Å². The fourth-order valence-corrected chi connectivity index (χ4v) is 6.25. The third-order valence-corrected chi connectivity index (χ3v) is 8.20. The zero-order valence-corrected chi connectivity index (χ0v) is 26.5. The highest BCUT2D eigenvalue weighted by Gasteiger charge is 2.57. The van der Waals surface area contributed by atoms with Crippen LogP contribution in [-0.4, -0.2) is 64.3 Å². The van der Waals surface area contributed by atoms with Gasteiger partial charge in [-0.3, -0.25) is 0 Å². The van der Waals surface area contributed by atoms with Crippen LogP contribution in [0, 0.1) is 6.92 Å². The molecule has 45 heavy (non-hydrogen) atoms. The SMILES string of the molecule is CCOC(=O)C1=C(c2ccccc2)C2=Cc3c(-c4ccccc4)c(C(=O)OCC)c(C)n3[B-](F)(F)[N+]2=C1/C=C/N(CC)C(C)C. The van der Waals surface area contributed by atoms with Gasteiger partial charge < -0.3 is 32.0 Å². The Morgan fingerprint density at radius 1 is 0.933 bits per heavy atom. The van der Waals surface area contributed by atoms with Gasteiger partial charge in [-0.15, -0.1) is 0 Å². The van der Waals surface area contributed by atoms with Crippen molar-refractivity contribution < 1.29 is 32.2 Å². The maximum Gasteiger partial charge on any atom is 0.737 e. The highest BCUT2D eigenvalue weighted by Crippen LogP contribution is 2.46. The van der Waals surface area contributed by atoms with Crippen LogP contribution in [0.4, 0.5) is 8.63 Å². The van der Waals surface area contributed by atoms with Crippen LogP contribution in [0.2, 0.25) is 0 Å². The van der Waals surface area contributed by atoms with Crippen LogP contribution in [0.3, 0.4) is 0 Å². The molecule has 3 heterocycles. The average Bonchev–Trinajstić information content (AvgIpc) is 3.51. The first-order valence-electron chi connectivity index (χ1n) is 15.4. The Morgan fingerprint density at radius 2 is 1.51 bits per heavy atom. The van der Waals surface area contributed by atoms with Crippen LogP contribution in [0.5, 0.6) is 0 Å². The van der Waals surface area contributed by atoms with E-state index in [1.54, 1.807) is 80.7 Å². The number of nitrogens with zero attached hydrogens (tertiary/aromatic N) is 3. The topological polar surface area (TPSA) is 63.8 Å². The summed E-state index contributed by atoms with van der Waals surface area (Å²) < 4.78 is 47.6. The predicted molar refractivity (Wildman–Crippen MR) is 174 cm³/mol. The third kappa shape index (κ3) is 5.43. The molecule has 3 aromatic rings. The molecule has 2 aromatic carbocycles. The molecular formula is C35H38BF2N3O4. The molecule has 0 atom stereocenters. The van der Waals surface area contributed by atoms with Crippen molar-refractivity contribution in [2.75, 3.05) is 19.8 Å². The number of aromatic nitrogens is 1. The minimum atomic E-state index is -4.64. The lowest BCUT2D eigenvalue weighted by Crippen LogP contribution is -2.51. The van der Waals surface area contributed by atoms with E-state index in [0.29, 0.717) is 28.8 Å². The molecule has 5 rings (SSSR count). The van der Waals surface area contributed by atoms with Crippen LogP contribution in [0.15, 0.2) is 84.2 Å². The van der Waals surface area contributed by atoms with E-state index < -0.39 is 18.9 Å². The van der Waals surface area contributed by atoms with Gasteiger partial charge in [0.05, 0.1) is 24.4 Å². The van der Waals surface area contributed by atoms with Gasteiger partial charge in [0, 0.05) is 42.2 Å². The molecule has 10 heteroatoms. The minimum absolute atomic E-state index is 0.0281. The number of halogens is 2. The van der Waals surface area contributed by atoms with E-state index in [4.69, 9.17) is 9.47 Å². The lowest BCUT2D eigenvalue weighted by molar-refractivity contribution is -0.358. The molecule has 7 nitrogen and oxygen atoms in total. The summed E-state index contributed by atoms with van der Waals surface area (Å²) in [5, 5.41) is 0. The Hall–Kier alpha value is -4.73. The average molecular weight is 614 g/mol. The van der Waals surface area contributed by atoms with Crippen molar-refractivity contribution >= 4 is 36.3 Å². The third-order valence-electron chi connectivity index (χ3n) is 8.20. The maximum absolute atomic E-state index is 17.4. The molecule has 0 radical (unpaired) electrons. The Morgan fingerprint density at radius 3 is 2.07 bits per heavy atom. The monoisotopic (exact) mass is 613 g/mol. The number of allylic oxidation sites excluding steroid dienone is 2. The van der Waals surface area contributed by atoms with Crippen LogP contribution in [0.1, 0.15) is 61.9 Å². The van der Waals surface area contributed by atoms with Crippen molar-refractivity contribution in [3.63, 3.8) is 0 Å². The molecule has 0 N–H and O–H groups in total. The summed E-state index contributed by atoms with van der Waals surface area (Å²) in [6.07, 6.45) is 4.97. The number of carbonyl (C=O) groups excluding carboxylic acids is 2. The molecule has 234 valence electrons. The summed E-state index contributed by atoms with van der Waals surface area (Å²) in [6.45, 7) is 7.04. The summed E-state index contributed by atoms with van der Waals surface area (Å²) in [6, 6.07) is 18.1. The highest BCUT2D eigenvalue weighted by molar-refractivity contribution is 6.59. The number of esters is 2. The van der Waals surface area contributed by atoms with Crippen molar-refractivity contribution in [2.45, 2.75) is 47.6 Å². The van der Waals surface area contributed by atoms with E-state index in [9.17, 15) is 9.59 Å². The second-order valence-corrected chi connectivity index (χ2v) is 11.1. The second kappa shape index (κ2) is 12.7. The van der Waals surface area contributed by atoms with Crippen LogP contribution in [-0.2, 0) is 14.3 Å². The molecule has 0 amide bonds. The van der Waals surface area contributed by atoms with Gasteiger partial charge in [0.25, 0.3) is 0 Å². The molecule has 0 fully saturated rings. The molecule has 0 aliphatic carbocycles. The zero-order valence-electron chi connectivity index (χ0n) is 26.5. The first-order valence-corrected chi connectivity index (χ1v) is 15.4. The minimum Gasteiger partial charge on any atom is -0.462 e. The molecule has 2 aliphatic rings. The van der Waals surface area contributed by atoms with Crippen molar-refractivity contribution in [2.24, 2.45) is 0 Å². The van der Waals surface area contributed by atoms with Gasteiger partial charge in [-0.2, -0.15) is 0 Å². The predicted octanol–water partition coefficient (Wildman–Crippen LogP) is 6.95. The number of hydrogen-bond acceptors (Lipinski definition) is 5. The van der Waals surface area contributed by atoms with E-state index in [0.717, 1.165) is 8.96 Å². The number of hydrogen-bond donors (Lipinski definition) is 0. The standard InChI is InChI=1S/C35H38BF2N3O4/c1-7-39(23(4)5)21-20-27-33(35(43)45-9-3)32(26-18-14-11-15-19-26)29-22-28-31(25-16-12-10-13-17-25)30(34(42)44-8-2)24(6)40(28)36(37,38)41(27)29/h10-23H,7-9H2,1-6H3/b21-20+. The maximum atomic E-state index is 17.4. The van der Waals surface area contributed by atoms with E-state index >= 15 is 8.63 Å². The second-order valence-electron chi connectivity index (χ2n) is 11.1. The molecule has 0 unspecified atom stereocenters. The van der Waals surface area contributed by atoms with Crippen LogP contribution in [0.25, 0.3) is 22.8 Å². The number of fused-ring (bicyclic) bond motifs is 2. The van der Waals surface area contributed by atoms with Gasteiger partial charge in [0.2, 0.25) is 0 Å². The Labute approximate surface area is 262 Å². The van der Waals surface area contributed by atoms with Crippen LogP contribution < -0.4 is 0 Å². The molecule has 2 aliphatic heterocycles. The number of benzene rings is 2. The number of ether oxygens (including phenoxy) is 2. The van der Waals surface area contributed by atoms with E-state index in [-0.39, 0.29) is 53.2 Å². The first-order chi connectivity index (χ1) is 21.6. The van der Waals surface area contributed by atoms with Crippen molar-refractivity contribution in [3.8, 4) is 11.1 Å². The lowest BCUT2D eigenvalue weighted by atomic mass is 9.87. The first kappa shape index (κ1) is 31.7. The van der Waals surface area contributed by atoms with E-state index in [1.807, 2.05) is 37.8 Å². The summed E-state index contributed by atoms with van der Waals surface area (Å²) in [4.78, 5) is 29.1. The summed E-state index contributed by atoms with van der Waals surface area (Å²) in [5.41, 5.74) is 2.45. The van der Waals surface area contributed by atoms with Gasteiger partial charge in [-0.05, 0) is 58.4 Å². The Bertz CT molecular complexity index is 1760. The Balaban J connectivity index is 1.92. The normalized spacial score (nSPS) is 15.4. The van der Waals surface area contributed by atoms with Gasteiger partial charge in [-0.1, -0.05) is 60.7 Å². The Kier molecular flexibility index (Phi) is 8.95. The zero-order chi connectivity index (χ0) is 32.5. The van der Waals surface area contributed by atoms with Crippen LogP contribution >= 0.6 is 0 Å². The van der Waals surface area contributed by atoms with Gasteiger partial charge in [0.1, 0.15) is 5.57 Å². The quantitative estimate of drug-likeness (QED) is 0.183. The van der Waals surface area contributed by atoms with Crippen molar-refractivity contribution in [1.29, 1.82) is 0 Å². The molecule has 0 bridgehead atoms. The van der Waals surface area contributed by atoms with E-state index in [1.165, 1.54) is 6.92 Å². The van der Waals surface area contributed by atoms with Gasteiger partial charge in [-0.25, -0.2) is 9.59 Å². The summed E-state index contributed by atoms with van der Waals surface area (Å²) in [7, 11) is 0. The summed E-state index contributed by atoms with van der Waals surface area (Å²) in [5.74, 6) is -1.37. The number of rotatable bonds is 10. The van der Waals surface area contributed by atoms with Crippen molar-refractivity contribution in [1.82, 2.24) is 9.38 Å². The molecular weight excluding hydrogens is 575 g/mol. The fourth-order valence-electron chi connectivity index (χ4n) is 6.25. The lowest BCUT2D eigenvalue weighted by Gasteiger charge is -2.31. The summed E-state index contributed by atoms with van der Waals surface area (Å²) >= 11 is 0. The molecule has 0 saturated heterocycles. The molecule has 1 aromatic heterocycles. The highest BCUT2D eigenvalue weighted by atomic mass is 19.2. The molecule has 0 saturated carbocycles. The van der Waals surface area contributed by atoms with E-state index in [2.05, 4.69) is 0 Å². The smallest absolute Gasteiger partial charge is 0.462 e. The van der Waals surface area contributed by atoms with Crippen molar-refractivity contribution in [3.05, 3.63) is 107 Å². The fraction of sp³-hybridized carbons (Fsp3) is 0.286. The molecule has 0 spiro atoms.